The second kappa shape index (κ2) is 7.38. The second-order valence-electron chi connectivity index (χ2n) is 5.29. The Morgan fingerprint density at radius 3 is 2.60 bits per heavy atom. The van der Waals surface area contributed by atoms with Gasteiger partial charge in [0.2, 0.25) is 0 Å². The van der Waals surface area contributed by atoms with Gasteiger partial charge >= 0.3 is 5.97 Å². The van der Waals surface area contributed by atoms with Crippen LogP contribution in [0.1, 0.15) is 25.3 Å². The lowest BCUT2D eigenvalue weighted by Crippen LogP contribution is -2.53. The number of benzene rings is 1. The van der Waals surface area contributed by atoms with E-state index in [9.17, 15) is 4.79 Å². The second-order valence-corrected chi connectivity index (χ2v) is 6.53. The molecule has 5 heteroatoms. The summed E-state index contributed by atoms with van der Waals surface area (Å²) < 4.78 is 1.25. The maximum atomic E-state index is 10.8. The van der Waals surface area contributed by atoms with E-state index >= 15 is 0 Å². The first kappa shape index (κ1) is 15.7. The molecule has 2 N–H and O–H groups in total. The number of carboxylic acids is 1. The van der Waals surface area contributed by atoms with Crippen LogP contribution in [0.25, 0.3) is 0 Å². The maximum Gasteiger partial charge on any atom is 0.317 e. The molecule has 0 atom stereocenters. The van der Waals surface area contributed by atoms with Gasteiger partial charge in [-0.2, -0.15) is 0 Å². The third kappa shape index (κ3) is 4.43. The van der Waals surface area contributed by atoms with Crippen LogP contribution >= 0.6 is 22.6 Å². The van der Waals surface area contributed by atoms with E-state index in [0.717, 1.165) is 25.9 Å². The Kier molecular flexibility index (Phi) is 5.80. The van der Waals surface area contributed by atoms with Gasteiger partial charge in [0.1, 0.15) is 0 Å². The van der Waals surface area contributed by atoms with Crippen molar-refractivity contribution in [2.45, 2.75) is 38.4 Å². The minimum absolute atomic E-state index is 0.158. The fourth-order valence-corrected chi connectivity index (χ4v) is 2.95. The normalized spacial score (nSPS) is 21.8. The van der Waals surface area contributed by atoms with E-state index in [1.807, 2.05) is 11.8 Å². The lowest BCUT2D eigenvalue weighted by Gasteiger charge is -2.42. The minimum Gasteiger partial charge on any atom is -0.480 e. The fraction of sp³-hybridized carbons (Fsp3) is 0.533. The Labute approximate surface area is 133 Å². The standard InChI is InChI=1S/C15H21IN2O2/c1-2-18(10-15(19)20)14-7-13(8-14)17-9-11-3-5-12(16)6-4-11/h3-6,13-14,17H,2,7-10H2,1H3,(H,19,20). The third-order valence-electron chi connectivity index (χ3n) is 3.88. The molecule has 0 heterocycles. The lowest BCUT2D eigenvalue weighted by atomic mass is 9.85. The highest BCUT2D eigenvalue weighted by molar-refractivity contribution is 14.1. The molecule has 0 saturated heterocycles. The molecule has 2 rings (SSSR count). The molecule has 0 amide bonds. The Morgan fingerprint density at radius 2 is 2.05 bits per heavy atom. The van der Waals surface area contributed by atoms with Crippen LogP contribution in [0, 0.1) is 3.57 Å². The van der Waals surface area contributed by atoms with E-state index in [-0.39, 0.29) is 6.54 Å². The molecular formula is C15H21IN2O2. The molecule has 0 bridgehead atoms. The molecule has 4 nitrogen and oxygen atoms in total. The van der Waals surface area contributed by atoms with Gasteiger partial charge in [-0.3, -0.25) is 9.69 Å². The molecule has 20 heavy (non-hydrogen) atoms. The topological polar surface area (TPSA) is 52.6 Å². The molecule has 1 aromatic rings. The predicted octanol–water partition coefficient (Wildman–Crippen LogP) is 2.32. The molecule has 0 aliphatic heterocycles. The van der Waals surface area contributed by atoms with Crippen LogP contribution in [-0.2, 0) is 11.3 Å². The van der Waals surface area contributed by atoms with Crippen LogP contribution < -0.4 is 5.32 Å². The average molecular weight is 388 g/mol. The number of hydrogen-bond donors (Lipinski definition) is 2. The van der Waals surface area contributed by atoms with Gasteiger partial charge in [0.05, 0.1) is 6.54 Å². The van der Waals surface area contributed by atoms with Crippen molar-refractivity contribution in [3.63, 3.8) is 0 Å². The minimum atomic E-state index is -0.734. The van der Waals surface area contributed by atoms with Crippen LogP contribution in [0.15, 0.2) is 24.3 Å². The summed E-state index contributed by atoms with van der Waals surface area (Å²) in [6.07, 6.45) is 2.09. The van der Waals surface area contributed by atoms with Crippen molar-refractivity contribution in [3.8, 4) is 0 Å². The highest BCUT2D eigenvalue weighted by Gasteiger charge is 2.33. The Balaban J connectivity index is 1.71. The van der Waals surface area contributed by atoms with E-state index in [1.54, 1.807) is 0 Å². The van der Waals surface area contributed by atoms with Crippen molar-refractivity contribution >= 4 is 28.6 Å². The number of aliphatic carboxylic acids is 1. The van der Waals surface area contributed by atoms with Gasteiger partial charge in [-0.15, -0.1) is 0 Å². The summed E-state index contributed by atoms with van der Waals surface area (Å²) in [6, 6.07) is 9.47. The van der Waals surface area contributed by atoms with Crippen molar-refractivity contribution in [3.05, 3.63) is 33.4 Å². The zero-order chi connectivity index (χ0) is 14.5. The van der Waals surface area contributed by atoms with Gasteiger partial charge in [-0.05, 0) is 59.7 Å². The molecule has 1 fully saturated rings. The number of halogens is 1. The SMILES string of the molecule is CCN(CC(=O)O)C1CC(NCc2ccc(I)cc2)C1. The van der Waals surface area contributed by atoms with Gasteiger partial charge in [0.15, 0.2) is 0 Å². The highest BCUT2D eigenvalue weighted by atomic mass is 127. The smallest absolute Gasteiger partial charge is 0.317 e. The van der Waals surface area contributed by atoms with Gasteiger partial charge in [-0.25, -0.2) is 0 Å². The quantitative estimate of drug-likeness (QED) is 0.705. The number of likely N-dealkylation sites (N-methyl/N-ethyl adjacent to an activating group) is 1. The largest absolute Gasteiger partial charge is 0.480 e. The van der Waals surface area contributed by atoms with E-state index in [4.69, 9.17) is 5.11 Å². The summed E-state index contributed by atoms with van der Waals surface area (Å²) >= 11 is 2.31. The number of nitrogens with zero attached hydrogens (tertiary/aromatic N) is 1. The van der Waals surface area contributed by atoms with Crippen molar-refractivity contribution in [2.75, 3.05) is 13.1 Å². The molecule has 1 aliphatic rings. The average Bonchev–Trinajstić information content (AvgIpc) is 2.37. The first-order valence-corrected chi connectivity index (χ1v) is 8.10. The summed E-state index contributed by atoms with van der Waals surface area (Å²) in [5, 5.41) is 12.4. The van der Waals surface area contributed by atoms with E-state index in [2.05, 4.69) is 52.2 Å². The highest BCUT2D eigenvalue weighted by Crippen LogP contribution is 2.25. The lowest BCUT2D eigenvalue weighted by molar-refractivity contribution is -0.139. The van der Waals surface area contributed by atoms with Crippen LogP contribution in [0.2, 0.25) is 0 Å². The van der Waals surface area contributed by atoms with E-state index < -0.39 is 5.97 Å². The summed E-state index contributed by atoms with van der Waals surface area (Å²) in [7, 11) is 0. The zero-order valence-corrected chi connectivity index (χ0v) is 13.8. The van der Waals surface area contributed by atoms with E-state index in [0.29, 0.717) is 12.1 Å². The summed E-state index contributed by atoms with van der Waals surface area (Å²) in [6.45, 7) is 3.88. The number of carbonyl (C=O) groups is 1. The van der Waals surface area contributed by atoms with Crippen molar-refractivity contribution in [1.82, 2.24) is 10.2 Å². The monoisotopic (exact) mass is 388 g/mol. The van der Waals surface area contributed by atoms with Crippen molar-refractivity contribution < 1.29 is 9.90 Å². The predicted molar refractivity (Wildman–Crippen MR) is 87.7 cm³/mol. The van der Waals surface area contributed by atoms with Crippen LogP contribution in [-0.4, -0.2) is 41.1 Å². The number of carboxylic acid groups (broad SMARTS) is 1. The van der Waals surface area contributed by atoms with E-state index in [1.165, 1.54) is 9.13 Å². The molecule has 0 aromatic heterocycles. The van der Waals surface area contributed by atoms with Crippen molar-refractivity contribution in [1.29, 1.82) is 0 Å². The Morgan fingerprint density at radius 1 is 1.40 bits per heavy atom. The zero-order valence-electron chi connectivity index (χ0n) is 11.7. The Hall–Kier alpha value is -0.660. The van der Waals surface area contributed by atoms with Gasteiger partial charge < -0.3 is 10.4 Å². The Bertz CT molecular complexity index is 444. The summed E-state index contributed by atoms with van der Waals surface area (Å²) in [5.41, 5.74) is 1.30. The molecule has 1 aliphatic carbocycles. The number of nitrogens with one attached hydrogen (secondary N) is 1. The molecule has 0 unspecified atom stereocenters. The molecular weight excluding hydrogens is 367 g/mol. The van der Waals surface area contributed by atoms with Gasteiger partial charge in [-0.1, -0.05) is 19.1 Å². The first-order valence-electron chi connectivity index (χ1n) is 7.02. The molecule has 0 spiro atoms. The number of hydrogen-bond acceptors (Lipinski definition) is 3. The van der Waals surface area contributed by atoms with Crippen LogP contribution in [0.4, 0.5) is 0 Å². The summed E-state index contributed by atoms with van der Waals surface area (Å²) in [4.78, 5) is 12.8. The maximum absolute atomic E-state index is 10.8. The van der Waals surface area contributed by atoms with Gasteiger partial charge in [0.25, 0.3) is 0 Å². The first-order chi connectivity index (χ1) is 9.58. The fourth-order valence-electron chi connectivity index (χ4n) is 2.59. The molecule has 1 aromatic carbocycles. The third-order valence-corrected chi connectivity index (χ3v) is 4.60. The molecule has 0 radical (unpaired) electrons. The van der Waals surface area contributed by atoms with Crippen LogP contribution in [0.5, 0.6) is 0 Å². The summed E-state index contributed by atoms with van der Waals surface area (Å²) in [5.74, 6) is -0.734. The van der Waals surface area contributed by atoms with Crippen LogP contribution in [0.3, 0.4) is 0 Å². The number of rotatable bonds is 7. The van der Waals surface area contributed by atoms with Gasteiger partial charge in [0, 0.05) is 22.2 Å². The van der Waals surface area contributed by atoms with Crippen molar-refractivity contribution in [2.24, 2.45) is 0 Å². The molecule has 110 valence electrons. The molecule has 1 saturated carbocycles.